The Labute approximate surface area is 116 Å². The molecule has 0 aromatic rings. The lowest BCUT2D eigenvalue weighted by atomic mass is 9.76. The fourth-order valence-electron chi connectivity index (χ4n) is 3.46. The van der Waals surface area contributed by atoms with Crippen LogP contribution in [-0.2, 0) is 0 Å². The molecule has 0 nitrogen and oxygen atoms in total. The van der Waals surface area contributed by atoms with Crippen molar-refractivity contribution in [3.05, 3.63) is 0 Å². The second-order valence-corrected chi connectivity index (χ2v) is 12.3. The van der Waals surface area contributed by atoms with Gasteiger partial charge in [-0.2, -0.15) is 0 Å². The van der Waals surface area contributed by atoms with E-state index in [0.29, 0.717) is 13.6 Å². The highest BCUT2D eigenvalue weighted by Gasteiger charge is 2.54. The van der Waals surface area contributed by atoms with Crippen molar-refractivity contribution in [3.63, 3.8) is 0 Å². The molecule has 4 heteroatoms. The van der Waals surface area contributed by atoms with E-state index in [1.54, 1.807) is 0 Å². The van der Waals surface area contributed by atoms with Crippen molar-refractivity contribution in [1.82, 2.24) is 0 Å². The van der Waals surface area contributed by atoms with Crippen molar-refractivity contribution < 1.29 is 0 Å². The van der Waals surface area contributed by atoms with Crippen LogP contribution in [0.1, 0.15) is 33.1 Å². The maximum atomic E-state index is 2.49. The van der Waals surface area contributed by atoms with Crippen molar-refractivity contribution in [1.29, 1.82) is 0 Å². The van der Waals surface area contributed by atoms with Crippen molar-refractivity contribution in [2.45, 2.75) is 41.3 Å². The van der Waals surface area contributed by atoms with E-state index in [1.165, 1.54) is 42.3 Å². The van der Waals surface area contributed by atoms with Gasteiger partial charge in [0.2, 0.25) is 0 Å². The van der Waals surface area contributed by atoms with E-state index in [4.69, 9.17) is 0 Å². The van der Waals surface area contributed by atoms with Crippen molar-refractivity contribution in [3.8, 4) is 0 Å². The molecule has 0 aromatic heterocycles. The third-order valence-corrected chi connectivity index (χ3v) is 10.5. The molecule has 1 aliphatic carbocycles. The summed E-state index contributed by atoms with van der Waals surface area (Å²) in [4.78, 5) is 0. The van der Waals surface area contributed by atoms with E-state index in [9.17, 15) is 0 Å². The molecule has 3 rings (SSSR count). The summed E-state index contributed by atoms with van der Waals surface area (Å²) in [5.74, 6) is 5.52. The molecular formula is C12H20S4. The summed E-state index contributed by atoms with van der Waals surface area (Å²) in [6.07, 6.45) is 4.31. The summed E-state index contributed by atoms with van der Waals surface area (Å²) in [6.45, 7) is 4.99. The summed E-state index contributed by atoms with van der Waals surface area (Å²) >= 11 is 9.06. The average molecular weight is 293 g/mol. The van der Waals surface area contributed by atoms with Gasteiger partial charge in [-0.05, 0) is 24.7 Å². The molecule has 0 amide bonds. The molecule has 0 bridgehead atoms. The molecule has 16 heavy (non-hydrogen) atoms. The predicted octanol–water partition coefficient (Wildman–Crippen LogP) is 4.55. The van der Waals surface area contributed by atoms with E-state index < -0.39 is 0 Å². The third kappa shape index (κ3) is 2.28. The molecule has 2 saturated heterocycles. The Hall–Kier alpha value is 1.40. The minimum absolute atomic E-state index is 0.549. The maximum Gasteiger partial charge on any atom is 0.0638 e. The number of thioether (sulfide) groups is 4. The largest absolute Gasteiger partial charge is 0.143 e. The first-order valence-corrected chi connectivity index (χ1v) is 10.0. The SMILES string of the molecule is CC1(C)CC2(CC3(C1)SCCS3)SCCS2. The van der Waals surface area contributed by atoms with E-state index >= 15 is 0 Å². The molecule has 0 atom stereocenters. The second kappa shape index (κ2) is 4.21. The van der Waals surface area contributed by atoms with E-state index in [1.807, 2.05) is 0 Å². The van der Waals surface area contributed by atoms with Crippen LogP contribution in [0.2, 0.25) is 0 Å². The van der Waals surface area contributed by atoms with Gasteiger partial charge >= 0.3 is 0 Å². The summed E-state index contributed by atoms with van der Waals surface area (Å²) in [5, 5.41) is 0. The molecule has 2 spiro atoms. The lowest BCUT2D eigenvalue weighted by Crippen LogP contribution is -2.43. The van der Waals surface area contributed by atoms with Gasteiger partial charge in [0.1, 0.15) is 0 Å². The highest BCUT2D eigenvalue weighted by molar-refractivity contribution is 8.22. The van der Waals surface area contributed by atoms with Gasteiger partial charge in [-0.3, -0.25) is 0 Å². The minimum Gasteiger partial charge on any atom is -0.143 e. The van der Waals surface area contributed by atoms with Crippen LogP contribution in [0.25, 0.3) is 0 Å². The molecule has 1 saturated carbocycles. The maximum absolute atomic E-state index is 2.49. The van der Waals surface area contributed by atoms with Crippen molar-refractivity contribution in [2.75, 3.05) is 23.0 Å². The standard InChI is InChI=1S/C12H20S4/c1-10(2)7-11(13-3-4-14-11)9-12(8-10)15-5-6-16-12/h3-9H2,1-2H3. The summed E-state index contributed by atoms with van der Waals surface area (Å²) in [5.41, 5.74) is 0.549. The highest BCUT2D eigenvalue weighted by atomic mass is 32.2. The van der Waals surface area contributed by atoms with E-state index in [2.05, 4.69) is 60.9 Å². The number of rotatable bonds is 0. The van der Waals surface area contributed by atoms with Gasteiger partial charge in [0, 0.05) is 23.0 Å². The Morgan fingerprint density at radius 3 is 1.38 bits per heavy atom. The van der Waals surface area contributed by atoms with Crippen LogP contribution in [0.15, 0.2) is 0 Å². The molecule has 0 radical (unpaired) electrons. The van der Waals surface area contributed by atoms with Crippen LogP contribution in [-0.4, -0.2) is 31.2 Å². The van der Waals surface area contributed by atoms with Crippen LogP contribution in [0.5, 0.6) is 0 Å². The Morgan fingerprint density at radius 1 is 0.625 bits per heavy atom. The first-order chi connectivity index (χ1) is 7.54. The van der Waals surface area contributed by atoms with Crippen LogP contribution < -0.4 is 0 Å². The molecule has 0 unspecified atom stereocenters. The van der Waals surface area contributed by atoms with Gasteiger partial charge in [-0.25, -0.2) is 0 Å². The minimum atomic E-state index is 0.549. The van der Waals surface area contributed by atoms with Crippen molar-refractivity contribution >= 4 is 47.0 Å². The van der Waals surface area contributed by atoms with Crippen molar-refractivity contribution in [2.24, 2.45) is 5.41 Å². The third-order valence-electron chi connectivity index (χ3n) is 3.66. The van der Waals surface area contributed by atoms with E-state index in [0.717, 1.165) is 0 Å². The highest BCUT2D eigenvalue weighted by Crippen LogP contribution is 2.66. The first kappa shape index (κ1) is 12.4. The van der Waals surface area contributed by atoms with Gasteiger partial charge in [-0.1, -0.05) is 13.8 Å². The van der Waals surface area contributed by atoms with Crippen LogP contribution in [0, 0.1) is 5.41 Å². The average Bonchev–Trinajstić information content (AvgIpc) is 2.73. The molecule has 3 fully saturated rings. The van der Waals surface area contributed by atoms with Crippen LogP contribution >= 0.6 is 47.0 Å². The Bertz CT molecular complexity index is 249. The fourth-order valence-corrected chi connectivity index (χ4v) is 11.7. The van der Waals surface area contributed by atoms with Gasteiger partial charge in [0.05, 0.1) is 8.16 Å². The van der Waals surface area contributed by atoms with Crippen LogP contribution in [0.4, 0.5) is 0 Å². The Morgan fingerprint density at radius 2 is 1.00 bits per heavy atom. The smallest absolute Gasteiger partial charge is 0.0638 e. The van der Waals surface area contributed by atoms with Gasteiger partial charge in [0.25, 0.3) is 0 Å². The second-order valence-electron chi connectivity index (χ2n) is 5.91. The Balaban J connectivity index is 1.87. The van der Waals surface area contributed by atoms with E-state index in [-0.39, 0.29) is 0 Å². The monoisotopic (exact) mass is 292 g/mol. The lowest BCUT2D eigenvalue weighted by Gasteiger charge is -2.50. The predicted molar refractivity (Wildman–Crippen MR) is 82.9 cm³/mol. The summed E-state index contributed by atoms with van der Waals surface area (Å²) in [6, 6.07) is 0. The number of hydrogen-bond donors (Lipinski definition) is 0. The quantitative estimate of drug-likeness (QED) is 0.642. The topological polar surface area (TPSA) is 0 Å². The Kier molecular flexibility index (Phi) is 3.27. The molecule has 0 N–H and O–H groups in total. The number of hydrogen-bond acceptors (Lipinski definition) is 4. The van der Waals surface area contributed by atoms with Crippen LogP contribution in [0.3, 0.4) is 0 Å². The molecular weight excluding hydrogens is 272 g/mol. The zero-order chi connectivity index (χ0) is 11.3. The van der Waals surface area contributed by atoms with Gasteiger partial charge in [-0.15, -0.1) is 47.0 Å². The van der Waals surface area contributed by atoms with Gasteiger partial charge in [0.15, 0.2) is 0 Å². The summed E-state index contributed by atoms with van der Waals surface area (Å²) < 4.78 is 1.15. The molecule has 2 aliphatic heterocycles. The first-order valence-electron chi connectivity index (χ1n) is 6.09. The summed E-state index contributed by atoms with van der Waals surface area (Å²) in [7, 11) is 0. The zero-order valence-corrected chi connectivity index (χ0v) is 13.3. The lowest BCUT2D eigenvalue weighted by molar-refractivity contribution is 0.236. The molecule has 0 aromatic carbocycles. The molecule has 2 heterocycles. The molecule has 92 valence electrons. The normalized spacial score (nSPS) is 34.9. The molecule has 3 aliphatic rings. The van der Waals surface area contributed by atoms with Gasteiger partial charge < -0.3 is 0 Å². The zero-order valence-electron chi connectivity index (χ0n) is 10.1. The fraction of sp³-hybridized carbons (Fsp3) is 1.00.